The Bertz CT molecular complexity index is 604. The minimum absolute atomic E-state index is 0.166. The van der Waals surface area contributed by atoms with E-state index in [2.05, 4.69) is 34.3 Å². The Kier molecular flexibility index (Phi) is 3.78. The molecule has 5 heteroatoms. The first-order chi connectivity index (χ1) is 9.20. The van der Waals surface area contributed by atoms with Gasteiger partial charge in [-0.3, -0.25) is 4.79 Å². The number of carbonyl (C=O) groups is 1. The van der Waals surface area contributed by atoms with Gasteiger partial charge in [-0.25, -0.2) is 0 Å². The topological polar surface area (TPSA) is 20.3 Å². The summed E-state index contributed by atoms with van der Waals surface area (Å²) in [5.74, 6) is 0.166. The molecule has 0 radical (unpaired) electrons. The van der Waals surface area contributed by atoms with Crippen LogP contribution in [-0.4, -0.2) is 17.4 Å². The Morgan fingerprint density at radius 2 is 2.32 bits per heavy atom. The van der Waals surface area contributed by atoms with Gasteiger partial charge in [-0.2, -0.15) is 0 Å². The van der Waals surface area contributed by atoms with Crippen LogP contribution in [0.25, 0.3) is 0 Å². The second kappa shape index (κ2) is 5.38. The molecule has 0 aromatic carbocycles. The number of thiophene rings is 2. The monoisotopic (exact) mass is 355 g/mol. The van der Waals surface area contributed by atoms with Crippen LogP contribution in [0.5, 0.6) is 0 Å². The molecular weight excluding hydrogens is 342 g/mol. The average Bonchev–Trinajstić information content (AvgIpc) is 3.04. The van der Waals surface area contributed by atoms with Crippen LogP contribution in [0.2, 0.25) is 0 Å². The summed E-state index contributed by atoms with van der Waals surface area (Å²) in [6, 6.07) is 6.27. The number of carbonyl (C=O) groups excluding carboxylic acids is 1. The van der Waals surface area contributed by atoms with E-state index in [9.17, 15) is 4.79 Å². The van der Waals surface area contributed by atoms with E-state index in [-0.39, 0.29) is 11.9 Å². The van der Waals surface area contributed by atoms with E-state index < -0.39 is 0 Å². The van der Waals surface area contributed by atoms with Crippen molar-refractivity contribution < 1.29 is 4.79 Å². The van der Waals surface area contributed by atoms with Crippen molar-refractivity contribution in [1.82, 2.24) is 4.90 Å². The molecule has 19 heavy (non-hydrogen) atoms. The molecular formula is C14H14BrNOS2. The second-order valence-electron chi connectivity index (χ2n) is 4.58. The highest BCUT2D eigenvalue weighted by molar-refractivity contribution is 9.11. The lowest BCUT2D eigenvalue weighted by atomic mass is 9.97. The van der Waals surface area contributed by atoms with Crippen molar-refractivity contribution in [3.8, 4) is 0 Å². The molecule has 2 aromatic rings. The molecule has 0 aliphatic carbocycles. The summed E-state index contributed by atoms with van der Waals surface area (Å²) in [5, 5.41) is 2.14. The smallest absolute Gasteiger partial charge is 0.264 e. The van der Waals surface area contributed by atoms with Crippen LogP contribution in [0, 0.1) is 0 Å². The maximum atomic E-state index is 12.6. The first kappa shape index (κ1) is 13.3. The van der Waals surface area contributed by atoms with Gasteiger partial charge in [-0.1, -0.05) is 6.92 Å². The molecule has 0 spiro atoms. The number of hydrogen-bond donors (Lipinski definition) is 0. The van der Waals surface area contributed by atoms with Gasteiger partial charge in [0.1, 0.15) is 0 Å². The molecule has 1 amide bonds. The average molecular weight is 356 g/mol. The number of amides is 1. The molecule has 0 saturated carbocycles. The Labute approximate surface area is 129 Å². The summed E-state index contributed by atoms with van der Waals surface area (Å²) in [6.45, 7) is 2.99. The van der Waals surface area contributed by atoms with E-state index in [4.69, 9.17) is 0 Å². The van der Waals surface area contributed by atoms with E-state index in [1.165, 1.54) is 21.8 Å². The molecule has 1 aliphatic rings. The summed E-state index contributed by atoms with van der Waals surface area (Å²) >= 11 is 6.75. The van der Waals surface area contributed by atoms with Crippen LogP contribution in [0.3, 0.4) is 0 Å². The van der Waals surface area contributed by atoms with Gasteiger partial charge in [0.15, 0.2) is 0 Å². The zero-order valence-electron chi connectivity index (χ0n) is 10.6. The van der Waals surface area contributed by atoms with Crippen molar-refractivity contribution in [2.75, 3.05) is 6.54 Å². The minimum atomic E-state index is 0.166. The number of rotatable bonds is 2. The van der Waals surface area contributed by atoms with Crippen molar-refractivity contribution in [1.29, 1.82) is 0 Å². The fraction of sp³-hybridized carbons (Fsp3) is 0.357. The molecule has 0 fully saturated rings. The molecule has 1 atom stereocenters. The lowest BCUT2D eigenvalue weighted by Crippen LogP contribution is -2.38. The van der Waals surface area contributed by atoms with Crippen LogP contribution in [0.4, 0.5) is 0 Å². The lowest BCUT2D eigenvalue weighted by Gasteiger charge is -2.35. The SMILES string of the molecule is CCC1c2ccsc2CCN1C(=O)c1ccc(Br)s1. The number of nitrogens with zero attached hydrogens (tertiary/aromatic N) is 1. The van der Waals surface area contributed by atoms with Crippen molar-refractivity contribution in [3.05, 3.63) is 42.7 Å². The van der Waals surface area contributed by atoms with E-state index in [0.29, 0.717) is 0 Å². The van der Waals surface area contributed by atoms with E-state index in [1.54, 1.807) is 0 Å². The highest BCUT2D eigenvalue weighted by Gasteiger charge is 2.31. The zero-order chi connectivity index (χ0) is 13.4. The zero-order valence-corrected chi connectivity index (χ0v) is 13.8. The molecule has 3 rings (SSSR count). The van der Waals surface area contributed by atoms with Gasteiger partial charge >= 0.3 is 0 Å². The van der Waals surface area contributed by atoms with E-state index in [1.807, 2.05) is 28.4 Å². The second-order valence-corrected chi connectivity index (χ2v) is 8.04. The third-order valence-electron chi connectivity index (χ3n) is 3.53. The molecule has 3 heterocycles. The van der Waals surface area contributed by atoms with Gasteiger partial charge in [-0.05, 0) is 57.9 Å². The molecule has 2 nitrogen and oxygen atoms in total. The quantitative estimate of drug-likeness (QED) is 0.762. The fourth-order valence-electron chi connectivity index (χ4n) is 2.65. The Hall–Kier alpha value is -0.650. The molecule has 0 bridgehead atoms. The highest BCUT2D eigenvalue weighted by atomic mass is 79.9. The first-order valence-electron chi connectivity index (χ1n) is 6.33. The van der Waals surface area contributed by atoms with E-state index >= 15 is 0 Å². The Morgan fingerprint density at radius 3 is 3.00 bits per heavy atom. The number of halogens is 1. The summed E-state index contributed by atoms with van der Waals surface area (Å²) in [6.07, 6.45) is 1.96. The van der Waals surface area contributed by atoms with Gasteiger partial charge in [0.25, 0.3) is 5.91 Å². The van der Waals surface area contributed by atoms with Gasteiger partial charge < -0.3 is 4.90 Å². The lowest BCUT2D eigenvalue weighted by molar-refractivity contribution is 0.0662. The summed E-state index contributed by atoms with van der Waals surface area (Å²) in [5.41, 5.74) is 1.35. The van der Waals surface area contributed by atoms with Gasteiger partial charge in [-0.15, -0.1) is 22.7 Å². The molecule has 1 unspecified atom stereocenters. The van der Waals surface area contributed by atoms with Gasteiger partial charge in [0.2, 0.25) is 0 Å². The summed E-state index contributed by atoms with van der Waals surface area (Å²) < 4.78 is 1.01. The third kappa shape index (κ3) is 2.39. The standard InChI is InChI=1S/C14H14BrNOS2/c1-2-10-9-6-8-18-11(9)5-7-16(10)14(17)12-3-4-13(15)19-12/h3-4,6,8,10H,2,5,7H2,1H3. The first-order valence-corrected chi connectivity index (χ1v) is 8.82. The normalized spacial score (nSPS) is 18.4. The molecule has 2 aromatic heterocycles. The molecule has 0 saturated heterocycles. The number of hydrogen-bond acceptors (Lipinski definition) is 3. The maximum Gasteiger partial charge on any atom is 0.264 e. The highest BCUT2D eigenvalue weighted by Crippen LogP contribution is 2.36. The van der Waals surface area contributed by atoms with Crippen LogP contribution < -0.4 is 0 Å². The fourth-order valence-corrected chi connectivity index (χ4v) is 4.92. The van der Waals surface area contributed by atoms with Crippen LogP contribution in [0.15, 0.2) is 27.4 Å². The van der Waals surface area contributed by atoms with Gasteiger partial charge in [0.05, 0.1) is 14.7 Å². The Balaban J connectivity index is 1.91. The maximum absolute atomic E-state index is 12.6. The van der Waals surface area contributed by atoms with Crippen LogP contribution >= 0.6 is 38.6 Å². The summed E-state index contributed by atoms with van der Waals surface area (Å²) in [4.78, 5) is 16.9. The number of fused-ring (bicyclic) bond motifs is 1. The van der Waals surface area contributed by atoms with Gasteiger partial charge in [0, 0.05) is 11.4 Å². The summed E-state index contributed by atoms with van der Waals surface area (Å²) in [7, 11) is 0. The third-order valence-corrected chi connectivity index (χ3v) is 6.13. The van der Waals surface area contributed by atoms with Crippen molar-refractivity contribution in [3.63, 3.8) is 0 Å². The predicted molar refractivity (Wildman–Crippen MR) is 84.1 cm³/mol. The van der Waals surface area contributed by atoms with E-state index in [0.717, 1.165) is 28.0 Å². The molecule has 100 valence electrons. The van der Waals surface area contributed by atoms with Crippen molar-refractivity contribution in [2.24, 2.45) is 0 Å². The molecule has 0 N–H and O–H groups in total. The predicted octanol–water partition coefficient (Wildman–Crippen LogP) is 4.72. The van der Waals surface area contributed by atoms with Crippen LogP contribution in [-0.2, 0) is 6.42 Å². The minimum Gasteiger partial charge on any atom is -0.331 e. The molecule has 1 aliphatic heterocycles. The Morgan fingerprint density at radius 1 is 1.47 bits per heavy atom. The van der Waals surface area contributed by atoms with Crippen molar-refractivity contribution >= 4 is 44.5 Å². The largest absolute Gasteiger partial charge is 0.331 e. The van der Waals surface area contributed by atoms with Crippen LogP contribution in [0.1, 0.15) is 39.5 Å². The van der Waals surface area contributed by atoms with Crippen molar-refractivity contribution in [2.45, 2.75) is 25.8 Å².